The topological polar surface area (TPSA) is 102 Å². The Morgan fingerprint density at radius 1 is 1.58 bits per heavy atom. The smallest absolute Gasteiger partial charge is 0.306 e. The zero-order chi connectivity index (χ0) is 13.8. The van der Waals surface area contributed by atoms with Crippen LogP contribution in [0, 0.1) is 12.8 Å². The SMILES string of the molecule is Cc1cc(OCC(=O)N[C@H]2CC[C@@H](C(=O)O)C2)no1. The summed E-state index contributed by atoms with van der Waals surface area (Å²) in [6.07, 6.45) is 1.76. The second kappa shape index (κ2) is 5.73. The number of hydrogen-bond acceptors (Lipinski definition) is 5. The molecule has 0 bridgehead atoms. The summed E-state index contributed by atoms with van der Waals surface area (Å²) in [5.41, 5.74) is 0. The molecular weight excluding hydrogens is 252 g/mol. The van der Waals surface area contributed by atoms with Crippen LogP contribution in [-0.4, -0.2) is 34.8 Å². The van der Waals surface area contributed by atoms with Crippen molar-refractivity contribution in [1.29, 1.82) is 0 Å². The average molecular weight is 268 g/mol. The van der Waals surface area contributed by atoms with E-state index >= 15 is 0 Å². The van der Waals surface area contributed by atoms with Crippen LogP contribution in [-0.2, 0) is 9.59 Å². The highest BCUT2D eigenvalue weighted by Gasteiger charge is 2.30. The lowest BCUT2D eigenvalue weighted by atomic mass is 10.1. The first kappa shape index (κ1) is 13.4. The molecule has 0 unspecified atom stereocenters. The van der Waals surface area contributed by atoms with E-state index in [-0.39, 0.29) is 30.4 Å². The average Bonchev–Trinajstić information content (AvgIpc) is 2.96. The van der Waals surface area contributed by atoms with E-state index in [1.807, 2.05) is 0 Å². The Morgan fingerprint density at radius 3 is 2.95 bits per heavy atom. The van der Waals surface area contributed by atoms with Gasteiger partial charge in [-0.3, -0.25) is 9.59 Å². The highest BCUT2D eigenvalue weighted by Crippen LogP contribution is 2.25. The van der Waals surface area contributed by atoms with E-state index in [0.717, 1.165) is 0 Å². The van der Waals surface area contributed by atoms with Crippen LogP contribution in [0.3, 0.4) is 0 Å². The van der Waals surface area contributed by atoms with E-state index in [2.05, 4.69) is 10.5 Å². The number of ether oxygens (including phenoxy) is 1. The number of carbonyl (C=O) groups is 2. The Labute approximate surface area is 109 Å². The summed E-state index contributed by atoms with van der Waals surface area (Å²) in [4.78, 5) is 22.4. The lowest BCUT2D eigenvalue weighted by Gasteiger charge is -2.12. The summed E-state index contributed by atoms with van der Waals surface area (Å²) in [7, 11) is 0. The molecule has 0 aromatic carbocycles. The van der Waals surface area contributed by atoms with Gasteiger partial charge < -0.3 is 19.7 Å². The molecule has 0 saturated heterocycles. The van der Waals surface area contributed by atoms with Crippen molar-refractivity contribution in [3.8, 4) is 5.88 Å². The first-order chi connectivity index (χ1) is 9.04. The number of rotatable bonds is 5. The van der Waals surface area contributed by atoms with Gasteiger partial charge in [0.1, 0.15) is 5.76 Å². The monoisotopic (exact) mass is 268 g/mol. The number of carboxylic acids is 1. The number of aromatic nitrogens is 1. The molecule has 2 N–H and O–H groups in total. The number of carbonyl (C=O) groups excluding carboxylic acids is 1. The van der Waals surface area contributed by atoms with E-state index in [0.29, 0.717) is 25.0 Å². The molecule has 19 heavy (non-hydrogen) atoms. The van der Waals surface area contributed by atoms with Crippen molar-refractivity contribution in [2.24, 2.45) is 5.92 Å². The summed E-state index contributed by atoms with van der Waals surface area (Å²) < 4.78 is 9.94. The highest BCUT2D eigenvalue weighted by atomic mass is 16.5. The third-order valence-electron chi connectivity index (χ3n) is 3.10. The van der Waals surface area contributed by atoms with Gasteiger partial charge in [-0.15, -0.1) is 0 Å². The molecule has 1 aliphatic carbocycles. The highest BCUT2D eigenvalue weighted by molar-refractivity contribution is 5.78. The van der Waals surface area contributed by atoms with Crippen LogP contribution in [0.4, 0.5) is 0 Å². The Morgan fingerprint density at radius 2 is 2.37 bits per heavy atom. The molecule has 104 valence electrons. The fraction of sp³-hybridized carbons (Fsp3) is 0.583. The molecule has 1 aliphatic rings. The fourth-order valence-electron chi connectivity index (χ4n) is 2.16. The summed E-state index contributed by atoms with van der Waals surface area (Å²) in [5, 5.41) is 15.2. The maximum absolute atomic E-state index is 11.6. The number of hydrogen-bond donors (Lipinski definition) is 2. The molecule has 1 fully saturated rings. The minimum absolute atomic E-state index is 0.0868. The van der Waals surface area contributed by atoms with Crippen molar-refractivity contribution in [3.05, 3.63) is 11.8 Å². The molecule has 1 aromatic heterocycles. The van der Waals surface area contributed by atoms with Crippen molar-refractivity contribution in [1.82, 2.24) is 10.5 Å². The van der Waals surface area contributed by atoms with Gasteiger partial charge in [0, 0.05) is 12.1 Å². The molecule has 1 aromatic rings. The third-order valence-corrected chi connectivity index (χ3v) is 3.10. The van der Waals surface area contributed by atoms with E-state index in [1.165, 1.54) is 0 Å². The maximum Gasteiger partial charge on any atom is 0.306 e. The molecule has 2 atom stereocenters. The van der Waals surface area contributed by atoms with Gasteiger partial charge in [-0.05, 0) is 31.3 Å². The summed E-state index contributed by atoms with van der Waals surface area (Å²) in [6, 6.07) is 1.50. The number of amides is 1. The van der Waals surface area contributed by atoms with Crippen LogP contribution in [0.25, 0.3) is 0 Å². The number of nitrogens with one attached hydrogen (secondary N) is 1. The normalized spacial score (nSPS) is 22.2. The van der Waals surface area contributed by atoms with Gasteiger partial charge in [-0.2, -0.15) is 0 Å². The fourth-order valence-corrected chi connectivity index (χ4v) is 2.16. The van der Waals surface area contributed by atoms with Crippen LogP contribution in [0.5, 0.6) is 5.88 Å². The number of aliphatic carboxylic acids is 1. The Kier molecular flexibility index (Phi) is 4.03. The molecule has 1 amide bonds. The first-order valence-corrected chi connectivity index (χ1v) is 6.13. The summed E-state index contributed by atoms with van der Waals surface area (Å²) >= 11 is 0. The number of carboxylic acid groups (broad SMARTS) is 1. The van der Waals surface area contributed by atoms with Crippen LogP contribution in [0.2, 0.25) is 0 Å². The Balaban J connectivity index is 1.72. The largest absolute Gasteiger partial charge is 0.481 e. The molecule has 1 saturated carbocycles. The molecule has 0 radical (unpaired) electrons. The lowest BCUT2D eigenvalue weighted by Crippen LogP contribution is -2.36. The first-order valence-electron chi connectivity index (χ1n) is 6.13. The minimum atomic E-state index is -0.800. The molecule has 0 spiro atoms. The van der Waals surface area contributed by atoms with Crippen LogP contribution < -0.4 is 10.1 Å². The van der Waals surface area contributed by atoms with Gasteiger partial charge >= 0.3 is 5.97 Å². The van der Waals surface area contributed by atoms with Gasteiger partial charge in [-0.25, -0.2) is 0 Å². The minimum Gasteiger partial charge on any atom is -0.481 e. The number of nitrogens with zero attached hydrogens (tertiary/aromatic N) is 1. The second-order valence-corrected chi connectivity index (χ2v) is 4.68. The number of aryl methyl sites for hydroxylation is 1. The van der Waals surface area contributed by atoms with Gasteiger partial charge in [0.25, 0.3) is 11.8 Å². The van der Waals surface area contributed by atoms with Crippen molar-refractivity contribution >= 4 is 11.9 Å². The zero-order valence-corrected chi connectivity index (χ0v) is 10.6. The van der Waals surface area contributed by atoms with Crippen molar-refractivity contribution in [2.75, 3.05) is 6.61 Å². The summed E-state index contributed by atoms with van der Waals surface area (Å²) in [5.74, 6) is -0.565. The van der Waals surface area contributed by atoms with Crippen molar-refractivity contribution in [2.45, 2.75) is 32.2 Å². The van der Waals surface area contributed by atoms with E-state index in [9.17, 15) is 9.59 Å². The van der Waals surface area contributed by atoms with Gasteiger partial charge in [0.15, 0.2) is 6.61 Å². The predicted octanol–water partition coefficient (Wildman–Crippen LogP) is 0.731. The predicted molar refractivity (Wildman–Crippen MR) is 63.6 cm³/mol. The van der Waals surface area contributed by atoms with Gasteiger partial charge in [0.2, 0.25) is 0 Å². The molecular formula is C12H16N2O5. The Bertz CT molecular complexity index is 470. The molecule has 0 aliphatic heterocycles. The maximum atomic E-state index is 11.6. The molecule has 7 heteroatoms. The van der Waals surface area contributed by atoms with Gasteiger partial charge in [0.05, 0.1) is 5.92 Å². The van der Waals surface area contributed by atoms with Crippen molar-refractivity contribution < 1.29 is 24.0 Å². The molecule has 1 heterocycles. The lowest BCUT2D eigenvalue weighted by molar-refractivity contribution is -0.141. The van der Waals surface area contributed by atoms with Crippen LogP contribution in [0.1, 0.15) is 25.0 Å². The van der Waals surface area contributed by atoms with E-state index < -0.39 is 5.97 Å². The molecule has 2 rings (SSSR count). The van der Waals surface area contributed by atoms with Crippen LogP contribution >= 0.6 is 0 Å². The van der Waals surface area contributed by atoms with E-state index in [1.54, 1.807) is 13.0 Å². The van der Waals surface area contributed by atoms with Crippen LogP contribution in [0.15, 0.2) is 10.6 Å². The zero-order valence-electron chi connectivity index (χ0n) is 10.6. The van der Waals surface area contributed by atoms with Gasteiger partial charge in [-0.1, -0.05) is 0 Å². The standard InChI is InChI=1S/C12H16N2O5/c1-7-4-11(14-19-7)18-6-10(15)13-9-3-2-8(5-9)12(16)17/h4,8-9H,2-3,5-6H2,1H3,(H,13,15)(H,16,17)/t8-,9+/m1/s1. The Hall–Kier alpha value is -2.05. The molecule has 7 nitrogen and oxygen atoms in total. The van der Waals surface area contributed by atoms with E-state index in [4.69, 9.17) is 14.4 Å². The third kappa shape index (κ3) is 3.70. The second-order valence-electron chi connectivity index (χ2n) is 4.68. The quantitative estimate of drug-likeness (QED) is 0.816. The van der Waals surface area contributed by atoms with Crippen molar-refractivity contribution in [3.63, 3.8) is 0 Å². The summed E-state index contributed by atoms with van der Waals surface area (Å²) in [6.45, 7) is 1.57.